The number of piperidine rings is 1. The fourth-order valence-electron chi connectivity index (χ4n) is 2.38. The standard InChI is InChI=1S/C14H29N3O/c1-4-11(3)13(15)14(18)16-10-12-6-8-17(5-2)9-7-12/h11-13H,4-10,15H2,1-3H3,(H,16,18)/t11?,13-/m0/s1. The van der Waals surface area contributed by atoms with Gasteiger partial charge in [-0.15, -0.1) is 0 Å². The molecule has 1 aliphatic heterocycles. The number of amides is 1. The molecule has 0 saturated carbocycles. The lowest BCUT2D eigenvalue weighted by atomic mass is 9.95. The van der Waals surface area contributed by atoms with Gasteiger partial charge in [-0.2, -0.15) is 0 Å². The summed E-state index contributed by atoms with van der Waals surface area (Å²) in [6, 6.07) is -0.356. The summed E-state index contributed by atoms with van der Waals surface area (Å²) in [6.45, 7) is 10.6. The van der Waals surface area contributed by atoms with E-state index in [1.165, 1.54) is 12.8 Å². The minimum absolute atomic E-state index is 0.0160. The fraction of sp³-hybridized carbons (Fsp3) is 0.929. The summed E-state index contributed by atoms with van der Waals surface area (Å²) in [5, 5.41) is 3.02. The highest BCUT2D eigenvalue weighted by atomic mass is 16.2. The van der Waals surface area contributed by atoms with E-state index in [2.05, 4.69) is 24.1 Å². The summed E-state index contributed by atoms with van der Waals surface area (Å²) < 4.78 is 0. The SMILES string of the molecule is CCC(C)[C@H](N)C(=O)NCC1CCN(CC)CC1. The number of hydrogen-bond acceptors (Lipinski definition) is 3. The summed E-state index contributed by atoms with van der Waals surface area (Å²) in [5.74, 6) is 0.898. The first-order valence-corrected chi connectivity index (χ1v) is 7.34. The first kappa shape index (κ1) is 15.4. The van der Waals surface area contributed by atoms with Crippen LogP contribution in [0.3, 0.4) is 0 Å². The number of carbonyl (C=O) groups is 1. The Labute approximate surface area is 111 Å². The van der Waals surface area contributed by atoms with Crippen LogP contribution in [0.25, 0.3) is 0 Å². The van der Waals surface area contributed by atoms with Crippen molar-refractivity contribution in [1.29, 1.82) is 0 Å². The third-order valence-corrected chi connectivity index (χ3v) is 4.28. The Kier molecular flexibility index (Phi) is 6.65. The second-order valence-electron chi connectivity index (χ2n) is 5.53. The Morgan fingerprint density at radius 2 is 2.00 bits per heavy atom. The Hall–Kier alpha value is -0.610. The van der Waals surface area contributed by atoms with Crippen molar-refractivity contribution in [2.45, 2.75) is 46.1 Å². The molecule has 1 aliphatic rings. The maximum Gasteiger partial charge on any atom is 0.237 e. The molecular formula is C14H29N3O. The predicted molar refractivity (Wildman–Crippen MR) is 75.3 cm³/mol. The summed E-state index contributed by atoms with van der Waals surface area (Å²) >= 11 is 0. The van der Waals surface area contributed by atoms with Gasteiger partial charge >= 0.3 is 0 Å². The van der Waals surface area contributed by atoms with Crippen LogP contribution in [0.2, 0.25) is 0 Å². The number of nitrogens with zero attached hydrogens (tertiary/aromatic N) is 1. The van der Waals surface area contributed by atoms with E-state index >= 15 is 0 Å². The lowest BCUT2D eigenvalue weighted by Gasteiger charge is -2.31. The minimum atomic E-state index is -0.356. The summed E-state index contributed by atoms with van der Waals surface area (Å²) in [5.41, 5.74) is 5.91. The number of hydrogen-bond donors (Lipinski definition) is 2. The number of rotatable bonds is 6. The van der Waals surface area contributed by atoms with Crippen molar-refractivity contribution in [3.05, 3.63) is 0 Å². The molecule has 106 valence electrons. The molecule has 4 heteroatoms. The molecular weight excluding hydrogens is 226 g/mol. The molecule has 1 unspecified atom stereocenters. The van der Waals surface area contributed by atoms with E-state index in [0.717, 1.165) is 32.6 Å². The van der Waals surface area contributed by atoms with Gasteiger partial charge in [0.2, 0.25) is 5.91 Å². The van der Waals surface area contributed by atoms with Crippen molar-refractivity contribution < 1.29 is 4.79 Å². The van der Waals surface area contributed by atoms with Gasteiger partial charge in [0.05, 0.1) is 6.04 Å². The van der Waals surface area contributed by atoms with Crippen molar-refractivity contribution in [3.8, 4) is 0 Å². The van der Waals surface area contributed by atoms with E-state index in [9.17, 15) is 4.79 Å². The Morgan fingerprint density at radius 1 is 1.39 bits per heavy atom. The molecule has 0 radical (unpaired) electrons. The maximum absolute atomic E-state index is 11.9. The topological polar surface area (TPSA) is 58.4 Å². The predicted octanol–water partition coefficient (Wildman–Crippen LogP) is 1.21. The molecule has 1 heterocycles. The highest BCUT2D eigenvalue weighted by molar-refractivity contribution is 5.81. The molecule has 0 aliphatic carbocycles. The van der Waals surface area contributed by atoms with Crippen LogP contribution in [0.4, 0.5) is 0 Å². The minimum Gasteiger partial charge on any atom is -0.354 e. The zero-order valence-electron chi connectivity index (χ0n) is 12.1. The van der Waals surface area contributed by atoms with Gasteiger partial charge < -0.3 is 16.0 Å². The Bertz CT molecular complexity index is 249. The molecule has 0 aromatic rings. The molecule has 1 amide bonds. The van der Waals surface area contributed by atoms with Crippen LogP contribution in [0, 0.1) is 11.8 Å². The van der Waals surface area contributed by atoms with Gasteiger partial charge in [-0.3, -0.25) is 4.79 Å². The van der Waals surface area contributed by atoms with Crippen molar-refractivity contribution in [2.24, 2.45) is 17.6 Å². The normalized spacial score (nSPS) is 21.6. The largest absolute Gasteiger partial charge is 0.354 e. The van der Waals surface area contributed by atoms with E-state index in [-0.39, 0.29) is 17.9 Å². The number of nitrogens with one attached hydrogen (secondary N) is 1. The molecule has 0 bridgehead atoms. The molecule has 0 aromatic heterocycles. The van der Waals surface area contributed by atoms with Crippen LogP contribution < -0.4 is 11.1 Å². The van der Waals surface area contributed by atoms with Crippen LogP contribution in [-0.4, -0.2) is 43.0 Å². The van der Waals surface area contributed by atoms with Crippen LogP contribution in [0.5, 0.6) is 0 Å². The lowest BCUT2D eigenvalue weighted by molar-refractivity contribution is -0.123. The molecule has 4 nitrogen and oxygen atoms in total. The van der Waals surface area contributed by atoms with Crippen LogP contribution in [-0.2, 0) is 4.79 Å². The van der Waals surface area contributed by atoms with Gasteiger partial charge in [0.15, 0.2) is 0 Å². The molecule has 0 aromatic carbocycles. The quantitative estimate of drug-likeness (QED) is 0.750. The van der Waals surface area contributed by atoms with Crippen molar-refractivity contribution in [1.82, 2.24) is 10.2 Å². The first-order valence-electron chi connectivity index (χ1n) is 7.34. The molecule has 1 fully saturated rings. The third-order valence-electron chi connectivity index (χ3n) is 4.28. The molecule has 1 rings (SSSR count). The van der Waals surface area contributed by atoms with E-state index in [1.54, 1.807) is 0 Å². The number of carbonyl (C=O) groups excluding carboxylic acids is 1. The number of likely N-dealkylation sites (tertiary alicyclic amines) is 1. The van der Waals surface area contributed by atoms with E-state index in [0.29, 0.717) is 5.92 Å². The lowest BCUT2D eigenvalue weighted by Crippen LogP contribution is -2.47. The zero-order valence-corrected chi connectivity index (χ0v) is 12.1. The van der Waals surface area contributed by atoms with Crippen LogP contribution >= 0.6 is 0 Å². The second-order valence-corrected chi connectivity index (χ2v) is 5.53. The molecule has 18 heavy (non-hydrogen) atoms. The summed E-state index contributed by atoms with van der Waals surface area (Å²) in [6.07, 6.45) is 3.32. The molecule has 2 atom stereocenters. The van der Waals surface area contributed by atoms with Gasteiger partial charge in [0, 0.05) is 6.54 Å². The Morgan fingerprint density at radius 3 is 2.50 bits per heavy atom. The van der Waals surface area contributed by atoms with Crippen LogP contribution in [0.1, 0.15) is 40.0 Å². The highest BCUT2D eigenvalue weighted by Crippen LogP contribution is 2.16. The van der Waals surface area contributed by atoms with Crippen molar-refractivity contribution in [2.75, 3.05) is 26.2 Å². The molecule has 3 N–H and O–H groups in total. The van der Waals surface area contributed by atoms with E-state index in [1.807, 2.05) is 6.92 Å². The zero-order chi connectivity index (χ0) is 13.5. The summed E-state index contributed by atoms with van der Waals surface area (Å²) in [7, 11) is 0. The smallest absolute Gasteiger partial charge is 0.237 e. The fourth-order valence-corrected chi connectivity index (χ4v) is 2.38. The van der Waals surface area contributed by atoms with Crippen LogP contribution in [0.15, 0.2) is 0 Å². The average molecular weight is 255 g/mol. The highest BCUT2D eigenvalue weighted by Gasteiger charge is 2.22. The average Bonchev–Trinajstić information content (AvgIpc) is 2.43. The van der Waals surface area contributed by atoms with Gasteiger partial charge in [-0.1, -0.05) is 27.2 Å². The van der Waals surface area contributed by atoms with Gasteiger partial charge in [-0.05, 0) is 44.3 Å². The summed E-state index contributed by atoms with van der Waals surface area (Å²) in [4.78, 5) is 14.3. The Balaban J connectivity index is 2.23. The van der Waals surface area contributed by atoms with Gasteiger partial charge in [-0.25, -0.2) is 0 Å². The number of nitrogens with two attached hydrogens (primary N) is 1. The van der Waals surface area contributed by atoms with Gasteiger partial charge in [0.1, 0.15) is 0 Å². The van der Waals surface area contributed by atoms with Gasteiger partial charge in [0.25, 0.3) is 0 Å². The second kappa shape index (κ2) is 7.74. The third kappa shape index (κ3) is 4.58. The molecule has 1 saturated heterocycles. The van der Waals surface area contributed by atoms with E-state index < -0.39 is 0 Å². The monoisotopic (exact) mass is 255 g/mol. The van der Waals surface area contributed by atoms with Crippen molar-refractivity contribution >= 4 is 5.91 Å². The first-order chi connectivity index (χ1) is 8.58. The van der Waals surface area contributed by atoms with E-state index in [4.69, 9.17) is 5.73 Å². The molecule has 0 spiro atoms. The maximum atomic E-state index is 11.9. The van der Waals surface area contributed by atoms with Crippen molar-refractivity contribution in [3.63, 3.8) is 0 Å².